The van der Waals surface area contributed by atoms with Crippen LogP contribution in [0.1, 0.15) is 33.3 Å². The molecule has 4 heteroatoms. The molecule has 2 N–H and O–H groups in total. The lowest BCUT2D eigenvalue weighted by atomic mass is 10.1. The molecule has 0 saturated heterocycles. The maximum Gasteiger partial charge on any atom is 0.126 e. The number of aromatic nitrogens is 1. The van der Waals surface area contributed by atoms with Gasteiger partial charge < -0.3 is 15.4 Å². The topological polar surface area (TPSA) is 46.2 Å². The predicted octanol–water partition coefficient (Wildman–Crippen LogP) is 2.42. The van der Waals surface area contributed by atoms with Gasteiger partial charge in [-0.1, -0.05) is 0 Å². The van der Waals surface area contributed by atoms with Gasteiger partial charge in [0.15, 0.2) is 0 Å². The SMILES string of the molecule is COC(C)CNc1cc(CNC(C)(C)C)ccn1. The number of hydrogen-bond donors (Lipinski definition) is 2. The molecule has 1 rings (SSSR count). The van der Waals surface area contributed by atoms with E-state index < -0.39 is 0 Å². The van der Waals surface area contributed by atoms with Gasteiger partial charge in [0.05, 0.1) is 6.10 Å². The van der Waals surface area contributed by atoms with E-state index in [9.17, 15) is 0 Å². The van der Waals surface area contributed by atoms with Crippen LogP contribution in [0.15, 0.2) is 18.3 Å². The summed E-state index contributed by atoms with van der Waals surface area (Å²) in [5.41, 5.74) is 1.36. The van der Waals surface area contributed by atoms with E-state index in [-0.39, 0.29) is 11.6 Å². The minimum Gasteiger partial charge on any atom is -0.380 e. The molecule has 0 bridgehead atoms. The van der Waals surface area contributed by atoms with Gasteiger partial charge in [-0.3, -0.25) is 0 Å². The van der Waals surface area contributed by atoms with Gasteiger partial charge in [0.1, 0.15) is 5.82 Å². The molecule has 0 saturated carbocycles. The number of anilines is 1. The molecule has 1 aromatic rings. The molecule has 0 aliphatic heterocycles. The zero-order chi connectivity index (χ0) is 13.6. The second-order valence-electron chi connectivity index (χ2n) is 5.58. The molecule has 102 valence electrons. The molecule has 0 fully saturated rings. The summed E-state index contributed by atoms with van der Waals surface area (Å²) >= 11 is 0. The molecule has 0 aliphatic rings. The van der Waals surface area contributed by atoms with Crippen LogP contribution in [0.2, 0.25) is 0 Å². The van der Waals surface area contributed by atoms with Crippen LogP contribution < -0.4 is 10.6 Å². The molecule has 1 atom stereocenters. The molecular formula is C14H25N3O. The maximum absolute atomic E-state index is 5.19. The first-order chi connectivity index (χ1) is 8.40. The third kappa shape index (κ3) is 5.98. The normalized spacial score (nSPS) is 13.4. The molecule has 1 aromatic heterocycles. The third-order valence-electron chi connectivity index (χ3n) is 2.62. The number of nitrogens with zero attached hydrogens (tertiary/aromatic N) is 1. The van der Waals surface area contributed by atoms with Gasteiger partial charge in [0.25, 0.3) is 0 Å². The molecule has 0 aliphatic carbocycles. The van der Waals surface area contributed by atoms with Crippen molar-refractivity contribution >= 4 is 5.82 Å². The standard InChI is InChI=1S/C14H25N3O/c1-11(18-5)9-16-13-8-12(6-7-15-13)10-17-14(2,3)4/h6-8,11,17H,9-10H2,1-5H3,(H,15,16). The first kappa shape index (κ1) is 14.9. The Morgan fingerprint density at radius 1 is 1.39 bits per heavy atom. The van der Waals surface area contributed by atoms with Crippen LogP contribution in [0.4, 0.5) is 5.82 Å². The van der Waals surface area contributed by atoms with Crippen LogP contribution in [-0.4, -0.2) is 30.3 Å². The number of pyridine rings is 1. The van der Waals surface area contributed by atoms with Crippen molar-refractivity contribution in [1.82, 2.24) is 10.3 Å². The molecular weight excluding hydrogens is 226 g/mol. The Morgan fingerprint density at radius 2 is 2.11 bits per heavy atom. The summed E-state index contributed by atoms with van der Waals surface area (Å²) in [7, 11) is 1.71. The molecule has 1 unspecified atom stereocenters. The zero-order valence-corrected chi connectivity index (χ0v) is 12.1. The van der Waals surface area contributed by atoms with Gasteiger partial charge in [-0.2, -0.15) is 0 Å². The van der Waals surface area contributed by atoms with Crippen molar-refractivity contribution in [3.63, 3.8) is 0 Å². The summed E-state index contributed by atoms with van der Waals surface area (Å²) in [6.45, 7) is 10.1. The number of hydrogen-bond acceptors (Lipinski definition) is 4. The lowest BCUT2D eigenvalue weighted by molar-refractivity contribution is 0.128. The minimum absolute atomic E-state index is 0.126. The van der Waals surface area contributed by atoms with Crippen molar-refractivity contribution in [3.05, 3.63) is 23.9 Å². The lowest BCUT2D eigenvalue weighted by Crippen LogP contribution is -2.35. The summed E-state index contributed by atoms with van der Waals surface area (Å²) in [6, 6.07) is 4.10. The van der Waals surface area contributed by atoms with Gasteiger partial charge in [0, 0.05) is 31.9 Å². The molecule has 18 heavy (non-hydrogen) atoms. The monoisotopic (exact) mass is 251 g/mol. The Bertz CT molecular complexity index is 360. The number of rotatable bonds is 6. The van der Waals surface area contributed by atoms with Crippen LogP contribution in [-0.2, 0) is 11.3 Å². The quantitative estimate of drug-likeness (QED) is 0.815. The number of ether oxygens (including phenoxy) is 1. The van der Waals surface area contributed by atoms with Crippen LogP contribution in [0, 0.1) is 0 Å². The van der Waals surface area contributed by atoms with E-state index in [4.69, 9.17) is 4.74 Å². The molecule has 0 amide bonds. The van der Waals surface area contributed by atoms with Gasteiger partial charge in [-0.25, -0.2) is 4.98 Å². The Morgan fingerprint density at radius 3 is 2.72 bits per heavy atom. The Balaban J connectivity index is 2.51. The fourth-order valence-electron chi connectivity index (χ4n) is 1.38. The van der Waals surface area contributed by atoms with Crippen LogP contribution >= 0.6 is 0 Å². The van der Waals surface area contributed by atoms with E-state index in [0.29, 0.717) is 0 Å². The van der Waals surface area contributed by atoms with E-state index in [0.717, 1.165) is 18.9 Å². The highest BCUT2D eigenvalue weighted by Crippen LogP contribution is 2.09. The summed E-state index contributed by atoms with van der Waals surface area (Å²) in [5.74, 6) is 0.895. The summed E-state index contributed by atoms with van der Waals surface area (Å²) in [5, 5.41) is 6.73. The second kappa shape index (κ2) is 6.71. The second-order valence-corrected chi connectivity index (χ2v) is 5.58. The van der Waals surface area contributed by atoms with E-state index in [2.05, 4.69) is 42.5 Å². The average molecular weight is 251 g/mol. The largest absolute Gasteiger partial charge is 0.380 e. The highest BCUT2D eigenvalue weighted by Gasteiger charge is 2.08. The molecule has 0 radical (unpaired) electrons. The fourth-order valence-corrected chi connectivity index (χ4v) is 1.38. The summed E-state index contributed by atoms with van der Waals surface area (Å²) < 4.78 is 5.19. The Labute approximate surface area is 110 Å². The van der Waals surface area contributed by atoms with Crippen molar-refractivity contribution in [2.75, 3.05) is 19.0 Å². The Kier molecular flexibility index (Phi) is 5.56. The lowest BCUT2D eigenvalue weighted by Gasteiger charge is -2.20. The zero-order valence-electron chi connectivity index (χ0n) is 12.1. The highest BCUT2D eigenvalue weighted by molar-refractivity contribution is 5.37. The third-order valence-corrected chi connectivity index (χ3v) is 2.62. The Hall–Kier alpha value is -1.13. The van der Waals surface area contributed by atoms with Gasteiger partial charge in [0.2, 0.25) is 0 Å². The number of nitrogens with one attached hydrogen (secondary N) is 2. The van der Waals surface area contributed by atoms with Crippen molar-refractivity contribution in [2.24, 2.45) is 0 Å². The first-order valence-electron chi connectivity index (χ1n) is 6.37. The van der Waals surface area contributed by atoms with Gasteiger partial charge in [-0.05, 0) is 45.4 Å². The van der Waals surface area contributed by atoms with Crippen molar-refractivity contribution in [2.45, 2.75) is 45.9 Å². The summed E-state index contributed by atoms with van der Waals surface area (Å²) in [4.78, 5) is 4.30. The molecule has 4 nitrogen and oxygen atoms in total. The van der Waals surface area contributed by atoms with E-state index in [1.807, 2.05) is 19.2 Å². The minimum atomic E-state index is 0.126. The van der Waals surface area contributed by atoms with Crippen LogP contribution in [0.25, 0.3) is 0 Å². The molecule has 0 spiro atoms. The van der Waals surface area contributed by atoms with Crippen molar-refractivity contribution in [1.29, 1.82) is 0 Å². The molecule has 1 heterocycles. The van der Waals surface area contributed by atoms with E-state index in [1.54, 1.807) is 7.11 Å². The number of methoxy groups -OCH3 is 1. The van der Waals surface area contributed by atoms with Gasteiger partial charge in [-0.15, -0.1) is 0 Å². The van der Waals surface area contributed by atoms with E-state index >= 15 is 0 Å². The highest BCUT2D eigenvalue weighted by atomic mass is 16.5. The first-order valence-corrected chi connectivity index (χ1v) is 6.37. The predicted molar refractivity (Wildman–Crippen MR) is 75.8 cm³/mol. The fraction of sp³-hybridized carbons (Fsp3) is 0.643. The van der Waals surface area contributed by atoms with Crippen LogP contribution in [0.3, 0.4) is 0 Å². The van der Waals surface area contributed by atoms with Crippen molar-refractivity contribution in [3.8, 4) is 0 Å². The maximum atomic E-state index is 5.19. The molecule has 0 aromatic carbocycles. The smallest absolute Gasteiger partial charge is 0.126 e. The summed E-state index contributed by atoms with van der Waals surface area (Å²) in [6.07, 6.45) is 2.02. The van der Waals surface area contributed by atoms with E-state index in [1.165, 1.54) is 5.56 Å². The van der Waals surface area contributed by atoms with Crippen molar-refractivity contribution < 1.29 is 4.74 Å². The average Bonchev–Trinajstić information content (AvgIpc) is 2.33. The van der Waals surface area contributed by atoms with Crippen LogP contribution in [0.5, 0.6) is 0 Å². The van der Waals surface area contributed by atoms with Gasteiger partial charge >= 0.3 is 0 Å².